The summed E-state index contributed by atoms with van der Waals surface area (Å²) in [7, 11) is 0. The molecule has 7 heteroatoms. The van der Waals surface area contributed by atoms with Crippen molar-refractivity contribution in [2.24, 2.45) is 0 Å². The van der Waals surface area contributed by atoms with Gasteiger partial charge in [-0.2, -0.15) is 0 Å². The van der Waals surface area contributed by atoms with E-state index in [1.807, 2.05) is 0 Å². The largest absolute Gasteiger partial charge is 0.478 e. The van der Waals surface area contributed by atoms with Crippen LogP contribution in [0.5, 0.6) is 0 Å². The fraction of sp³-hybridized carbons (Fsp3) is 0.364. The maximum absolute atomic E-state index is 11.3. The van der Waals surface area contributed by atoms with Crippen LogP contribution in [-0.2, 0) is 4.74 Å². The first kappa shape index (κ1) is 13.8. The highest BCUT2D eigenvalue weighted by molar-refractivity contribution is 5.88. The maximum atomic E-state index is 11.3. The zero-order valence-corrected chi connectivity index (χ0v) is 10.4. The van der Waals surface area contributed by atoms with Crippen LogP contribution in [0.4, 0.5) is 10.6 Å². The molecule has 0 aliphatic rings. The van der Waals surface area contributed by atoms with E-state index in [-0.39, 0.29) is 11.4 Å². The second kappa shape index (κ2) is 5.35. The Hall–Kier alpha value is -2.31. The molecule has 1 heterocycles. The Morgan fingerprint density at radius 3 is 2.61 bits per heavy atom. The van der Waals surface area contributed by atoms with E-state index in [9.17, 15) is 9.59 Å². The van der Waals surface area contributed by atoms with Crippen LogP contribution in [0.3, 0.4) is 0 Å². The van der Waals surface area contributed by atoms with Crippen molar-refractivity contribution in [1.82, 2.24) is 10.4 Å². The van der Waals surface area contributed by atoms with E-state index in [2.05, 4.69) is 15.8 Å². The quantitative estimate of drug-likeness (QED) is 0.708. The van der Waals surface area contributed by atoms with Crippen LogP contribution < -0.4 is 10.9 Å². The van der Waals surface area contributed by atoms with E-state index in [0.29, 0.717) is 0 Å². The van der Waals surface area contributed by atoms with Gasteiger partial charge in [0.2, 0.25) is 0 Å². The van der Waals surface area contributed by atoms with Gasteiger partial charge in [0.1, 0.15) is 11.4 Å². The third-order valence-electron chi connectivity index (χ3n) is 1.70. The fourth-order valence-electron chi connectivity index (χ4n) is 1.05. The number of nitrogens with zero attached hydrogens (tertiary/aromatic N) is 1. The van der Waals surface area contributed by atoms with Crippen LogP contribution >= 0.6 is 0 Å². The van der Waals surface area contributed by atoms with Gasteiger partial charge < -0.3 is 9.84 Å². The first-order chi connectivity index (χ1) is 8.28. The zero-order chi connectivity index (χ0) is 13.8. The number of anilines is 1. The predicted octanol–water partition coefficient (Wildman–Crippen LogP) is 1.63. The summed E-state index contributed by atoms with van der Waals surface area (Å²) in [6.07, 6.45) is 0.646. The van der Waals surface area contributed by atoms with Gasteiger partial charge in [-0.1, -0.05) is 0 Å². The molecule has 0 atom stereocenters. The summed E-state index contributed by atoms with van der Waals surface area (Å²) in [5.74, 6) is -0.863. The second-order valence-corrected chi connectivity index (χ2v) is 4.49. The summed E-state index contributed by atoms with van der Waals surface area (Å²) < 4.78 is 4.98. The van der Waals surface area contributed by atoms with Crippen molar-refractivity contribution in [1.29, 1.82) is 0 Å². The number of nitrogens with one attached hydrogen (secondary N) is 2. The standard InChI is InChI=1S/C11H15N3O4/c1-11(2,3)18-10(17)14-13-8-6-7(9(15)16)4-5-12-8/h4-6H,1-3H3,(H,12,13)(H,14,17)(H,15,16). The van der Waals surface area contributed by atoms with Crippen LogP contribution in [0.25, 0.3) is 0 Å². The van der Waals surface area contributed by atoms with Crippen molar-refractivity contribution in [2.75, 3.05) is 5.43 Å². The number of carbonyl (C=O) groups is 2. The van der Waals surface area contributed by atoms with Crippen LogP contribution in [0.2, 0.25) is 0 Å². The molecule has 0 saturated carbocycles. The molecule has 0 aliphatic heterocycles. The molecule has 3 N–H and O–H groups in total. The fourth-order valence-corrected chi connectivity index (χ4v) is 1.05. The van der Waals surface area contributed by atoms with Crippen molar-refractivity contribution >= 4 is 17.9 Å². The van der Waals surface area contributed by atoms with E-state index in [4.69, 9.17) is 9.84 Å². The normalized spacial score (nSPS) is 10.6. The third-order valence-corrected chi connectivity index (χ3v) is 1.70. The lowest BCUT2D eigenvalue weighted by Crippen LogP contribution is -2.36. The first-order valence-electron chi connectivity index (χ1n) is 5.22. The smallest absolute Gasteiger partial charge is 0.426 e. The summed E-state index contributed by atoms with van der Waals surface area (Å²) >= 11 is 0. The van der Waals surface area contributed by atoms with E-state index in [0.717, 1.165) is 0 Å². The molecule has 98 valence electrons. The summed E-state index contributed by atoms with van der Waals surface area (Å²) in [6.45, 7) is 5.20. The average Bonchev–Trinajstić information content (AvgIpc) is 2.24. The van der Waals surface area contributed by atoms with Gasteiger partial charge in [0.15, 0.2) is 0 Å². The van der Waals surface area contributed by atoms with Crippen molar-refractivity contribution in [3.8, 4) is 0 Å². The van der Waals surface area contributed by atoms with Crippen LogP contribution in [-0.4, -0.2) is 27.8 Å². The Labute approximate surface area is 104 Å². The summed E-state index contributed by atoms with van der Waals surface area (Å²) in [6, 6.07) is 2.64. The number of hydrazine groups is 1. The molecule has 0 radical (unpaired) electrons. The summed E-state index contributed by atoms with van der Waals surface area (Å²) in [5, 5.41) is 8.77. The van der Waals surface area contributed by atoms with E-state index in [1.165, 1.54) is 18.3 Å². The molecule has 0 aromatic carbocycles. The number of aromatic nitrogens is 1. The number of hydrogen-bond donors (Lipinski definition) is 3. The Morgan fingerprint density at radius 2 is 2.06 bits per heavy atom. The van der Waals surface area contributed by atoms with Gasteiger partial charge in [-0.25, -0.2) is 20.0 Å². The molecular weight excluding hydrogens is 238 g/mol. The topological polar surface area (TPSA) is 101 Å². The minimum atomic E-state index is -1.07. The zero-order valence-electron chi connectivity index (χ0n) is 10.4. The molecule has 0 unspecified atom stereocenters. The minimum absolute atomic E-state index is 0.0680. The molecule has 0 bridgehead atoms. The van der Waals surface area contributed by atoms with Gasteiger partial charge >= 0.3 is 12.1 Å². The number of hydrogen-bond acceptors (Lipinski definition) is 5. The van der Waals surface area contributed by atoms with Gasteiger partial charge in [0.25, 0.3) is 0 Å². The van der Waals surface area contributed by atoms with Crippen molar-refractivity contribution in [3.63, 3.8) is 0 Å². The van der Waals surface area contributed by atoms with Gasteiger partial charge in [-0.15, -0.1) is 0 Å². The number of carboxylic acid groups (broad SMARTS) is 1. The Morgan fingerprint density at radius 1 is 1.39 bits per heavy atom. The second-order valence-electron chi connectivity index (χ2n) is 4.49. The molecule has 1 amide bonds. The molecule has 0 aliphatic carbocycles. The Balaban J connectivity index is 2.56. The molecule has 1 aromatic heterocycles. The van der Waals surface area contributed by atoms with Crippen molar-refractivity contribution in [2.45, 2.75) is 26.4 Å². The number of pyridine rings is 1. The Kier molecular flexibility index (Phi) is 4.09. The van der Waals surface area contributed by atoms with Crippen molar-refractivity contribution in [3.05, 3.63) is 23.9 Å². The molecule has 18 heavy (non-hydrogen) atoms. The molecule has 0 fully saturated rings. The number of carboxylic acids is 1. The number of amides is 1. The van der Waals surface area contributed by atoms with Crippen LogP contribution in [0.1, 0.15) is 31.1 Å². The van der Waals surface area contributed by atoms with E-state index < -0.39 is 17.7 Å². The maximum Gasteiger partial charge on any atom is 0.426 e. The van der Waals surface area contributed by atoms with Gasteiger partial charge in [0, 0.05) is 6.20 Å². The molecule has 7 nitrogen and oxygen atoms in total. The molecule has 0 saturated heterocycles. The van der Waals surface area contributed by atoms with Crippen LogP contribution in [0.15, 0.2) is 18.3 Å². The monoisotopic (exact) mass is 253 g/mol. The lowest BCUT2D eigenvalue weighted by Gasteiger charge is -2.19. The van der Waals surface area contributed by atoms with Crippen LogP contribution in [0, 0.1) is 0 Å². The van der Waals surface area contributed by atoms with E-state index >= 15 is 0 Å². The average molecular weight is 253 g/mol. The highest BCUT2D eigenvalue weighted by Gasteiger charge is 2.15. The summed E-state index contributed by atoms with van der Waals surface area (Å²) in [4.78, 5) is 25.9. The summed E-state index contributed by atoms with van der Waals surface area (Å²) in [5.41, 5.74) is 4.18. The highest BCUT2D eigenvalue weighted by atomic mass is 16.6. The number of carbonyl (C=O) groups excluding carboxylic acids is 1. The number of ether oxygens (including phenoxy) is 1. The Bertz CT molecular complexity index is 454. The van der Waals surface area contributed by atoms with Gasteiger partial charge in [-0.05, 0) is 32.9 Å². The predicted molar refractivity (Wildman–Crippen MR) is 64.2 cm³/mol. The molecule has 1 aromatic rings. The van der Waals surface area contributed by atoms with Gasteiger partial charge in [-0.3, -0.25) is 5.43 Å². The lowest BCUT2D eigenvalue weighted by molar-refractivity contribution is 0.0540. The lowest BCUT2D eigenvalue weighted by atomic mass is 10.2. The highest BCUT2D eigenvalue weighted by Crippen LogP contribution is 2.08. The number of rotatable bonds is 3. The van der Waals surface area contributed by atoms with E-state index in [1.54, 1.807) is 20.8 Å². The third kappa shape index (κ3) is 4.69. The molecule has 1 rings (SSSR count). The SMILES string of the molecule is CC(C)(C)OC(=O)NNc1cc(C(=O)O)ccn1. The first-order valence-corrected chi connectivity index (χ1v) is 5.22. The molecular formula is C11H15N3O4. The molecule has 0 spiro atoms. The van der Waals surface area contributed by atoms with Gasteiger partial charge in [0.05, 0.1) is 5.56 Å². The van der Waals surface area contributed by atoms with Crippen molar-refractivity contribution < 1.29 is 19.4 Å². The number of aromatic carboxylic acids is 1. The minimum Gasteiger partial charge on any atom is -0.478 e.